The van der Waals surface area contributed by atoms with Crippen LogP contribution in [-0.2, 0) is 4.79 Å². The first-order chi connectivity index (χ1) is 9.86. The number of aldehydes is 1. The van der Waals surface area contributed by atoms with Crippen LogP contribution in [0.5, 0.6) is 0 Å². The van der Waals surface area contributed by atoms with E-state index in [1.54, 1.807) is 11.6 Å². The second-order valence-electron chi connectivity index (χ2n) is 6.90. The molecule has 1 nitrogen and oxygen atoms in total. The van der Waals surface area contributed by atoms with Crippen molar-refractivity contribution in [1.82, 2.24) is 0 Å². The topological polar surface area (TPSA) is 17.1 Å². The van der Waals surface area contributed by atoms with Gasteiger partial charge in [0.25, 0.3) is 0 Å². The molecule has 0 saturated heterocycles. The maximum Gasteiger partial charge on any atom is 0.142 e. The Morgan fingerprint density at radius 1 is 1.29 bits per heavy atom. The van der Waals surface area contributed by atoms with Crippen molar-refractivity contribution in [2.24, 2.45) is 5.41 Å². The smallest absolute Gasteiger partial charge is 0.142 e. The largest absolute Gasteiger partial charge is 0.299 e. The summed E-state index contributed by atoms with van der Waals surface area (Å²) in [4.78, 5) is 10.4. The van der Waals surface area contributed by atoms with Crippen LogP contribution in [0.2, 0.25) is 0 Å². The van der Waals surface area contributed by atoms with E-state index in [1.165, 1.54) is 30.4 Å². The maximum atomic E-state index is 10.4. The minimum absolute atomic E-state index is 0.308. The zero-order valence-electron chi connectivity index (χ0n) is 14.3. The summed E-state index contributed by atoms with van der Waals surface area (Å²) < 4.78 is 0. The summed E-state index contributed by atoms with van der Waals surface area (Å²) in [5.74, 6) is 0. The highest BCUT2D eigenvalue weighted by Gasteiger charge is 2.26. The molecule has 0 unspecified atom stereocenters. The van der Waals surface area contributed by atoms with Gasteiger partial charge in [0.15, 0.2) is 0 Å². The van der Waals surface area contributed by atoms with Crippen molar-refractivity contribution >= 4 is 6.29 Å². The molecule has 0 radical (unpaired) electrons. The molecule has 21 heavy (non-hydrogen) atoms. The van der Waals surface area contributed by atoms with Gasteiger partial charge < -0.3 is 0 Å². The van der Waals surface area contributed by atoms with E-state index in [2.05, 4.69) is 45.9 Å². The van der Waals surface area contributed by atoms with Gasteiger partial charge in [-0.3, -0.25) is 4.79 Å². The van der Waals surface area contributed by atoms with Crippen molar-refractivity contribution in [3.8, 4) is 0 Å². The van der Waals surface area contributed by atoms with E-state index in [0.717, 1.165) is 24.7 Å². The molecule has 0 saturated carbocycles. The molecular weight excluding hydrogens is 256 g/mol. The predicted molar refractivity (Wildman–Crippen MR) is 92.3 cm³/mol. The van der Waals surface area contributed by atoms with Gasteiger partial charge in [0.1, 0.15) is 6.29 Å². The Hall–Kier alpha value is -1.37. The van der Waals surface area contributed by atoms with E-state index in [4.69, 9.17) is 0 Å². The van der Waals surface area contributed by atoms with Crippen LogP contribution >= 0.6 is 0 Å². The standard InChI is InChI=1S/C20H30O/c1-16(8-6-9-17(2)13-15-21)11-12-19-18(3)10-7-14-20(19,4)5/h8,11-13,15H,6-7,9-10,14H2,1-5H3/b12-11+,16-8+,17-13+. The van der Waals surface area contributed by atoms with Crippen molar-refractivity contribution in [3.63, 3.8) is 0 Å². The van der Waals surface area contributed by atoms with Crippen LogP contribution in [0.4, 0.5) is 0 Å². The third kappa shape index (κ3) is 5.87. The fourth-order valence-electron chi connectivity index (χ4n) is 3.02. The van der Waals surface area contributed by atoms with Crippen molar-refractivity contribution in [3.05, 3.63) is 46.6 Å². The highest BCUT2D eigenvalue weighted by atomic mass is 16.1. The summed E-state index contributed by atoms with van der Waals surface area (Å²) in [5.41, 5.74) is 5.81. The zero-order valence-corrected chi connectivity index (χ0v) is 14.3. The molecule has 116 valence electrons. The number of allylic oxidation sites excluding steroid dienone is 8. The van der Waals surface area contributed by atoms with Gasteiger partial charge in [-0.1, -0.05) is 48.8 Å². The van der Waals surface area contributed by atoms with Gasteiger partial charge in [-0.2, -0.15) is 0 Å². The van der Waals surface area contributed by atoms with Gasteiger partial charge in [-0.15, -0.1) is 0 Å². The molecular formula is C20H30O. The van der Waals surface area contributed by atoms with Gasteiger partial charge in [-0.05, 0) is 69.9 Å². The highest BCUT2D eigenvalue weighted by molar-refractivity contribution is 5.65. The van der Waals surface area contributed by atoms with E-state index in [9.17, 15) is 4.79 Å². The van der Waals surface area contributed by atoms with Gasteiger partial charge in [0.2, 0.25) is 0 Å². The molecule has 0 atom stereocenters. The van der Waals surface area contributed by atoms with E-state index < -0.39 is 0 Å². The number of hydrogen-bond donors (Lipinski definition) is 0. The van der Waals surface area contributed by atoms with E-state index >= 15 is 0 Å². The summed E-state index contributed by atoms with van der Waals surface area (Å²) in [5, 5.41) is 0. The van der Waals surface area contributed by atoms with Gasteiger partial charge in [-0.25, -0.2) is 0 Å². The average molecular weight is 286 g/mol. The third-order valence-electron chi connectivity index (χ3n) is 4.41. The molecule has 0 amide bonds. The first-order valence-corrected chi connectivity index (χ1v) is 8.03. The first kappa shape index (κ1) is 17.7. The van der Waals surface area contributed by atoms with Crippen LogP contribution in [0.15, 0.2) is 46.6 Å². The Morgan fingerprint density at radius 2 is 2.00 bits per heavy atom. The molecule has 0 aromatic rings. The molecule has 0 aromatic heterocycles. The Morgan fingerprint density at radius 3 is 2.62 bits per heavy atom. The molecule has 0 bridgehead atoms. The van der Waals surface area contributed by atoms with E-state index in [0.29, 0.717) is 5.41 Å². The first-order valence-electron chi connectivity index (χ1n) is 8.03. The predicted octanol–water partition coefficient (Wildman–Crippen LogP) is 5.94. The number of carbonyl (C=O) groups is 1. The summed E-state index contributed by atoms with van der Waals surface area (Å²) in [6.45, 7) is 11.1. The van der Waals surface area contributed by atoms with Crippen LogP contribution in [0.1, 0.15) is 66.7 Å². The summed E-state index contributed by atoms with van der Waals surface area (Å²) in [6.07, 6.45) is 15.1. The molecule has 0 aliphatic heterocycles. The molecule has 1 aliphatic carbocycles. The van der Waals surface area contributed by atoms with Crippen LogP contribution in [-0.4, -0.2) is 6.29 Å². The zero-order chi connectivity index (χ0) is 15.9. The van der Waals surface area contributed by atoms with Gasteiger partial charge in [0.05, 0.1) is 0 Å². The Balaban J connectivity index is 2.67. The molecule has 0 heterocycles. The Bertz CT molecular complexity index is 484. The van der Waals surface area contributed by atoms with Crippen LogP contribution in [0.3, 0.4) is 0 Å². The van der Waals surface area contributed by atoms with Gasteiger partial charge >= 0.3 is 0 Å². The molecule has 0 N–H and O–H groups in total. The normalized spacial score (nSPS) is 20.2. The van der Waals surface area contributed by atoms with Crippen LogP contribution in [0.25, 0.3) is 0 Å². The lowest BCUT2D eigenvalue weighted by Gasteiger charge is -2.32. The third-order valence-corrected chi connectivity index (χ3v) is 4.41. The van der Waals surface area contributed by atoms with Gasteiger partial charge in [0, 0.05) is 0 Å². The molecule has 1 rings (SSSR count). The lowest BCUT2D eigenvalue weighted by molar-refractivity contribution is -0.104. The average Bonchev–Trinajstić information content (AvgIpc) is 2.37. The molecule has 0 aromatic carbocycles. The van der Waals surface area contributed by atoms with E-state index in [1.807, 2.05) is 6.92 Å². The molecule has 0 fully saturated rings. The Kier molecular flexibility index (Phi) is 6.87. The lowest BCUT2D eigenvalue weighted by atomic mass is 9.72. The van der Waals surface area contributed by atoms with Crippen molar-refractivity contribution in [2.45, 2.75) is 66.7 Å². The second kappa shape index (κ2) is 8.17. The fraction of sp³-hybridized carbons (Fsp3) is 0.550. The quantitative estimate of drug-likeness (QED) is 0.335. The Labute approximate surface area is 130 Å². The maximum absolute atomic E-state index is 10.4. The summed E-state index contributed by atoms with van der Waals surface area (Å²) in [7, 11) is 0. The van der Waals surface area contributed by atoms with Crippen molar-refractivity contribution in [1.29, 1.82) is 0 Å². The van der Waals surface area contributed by atoms with Crippen molar-refractivity contribution < 1.29 is 4.79 Å². The number of rotatable bonds is 6. The molecule has 1 aliphatic rings. The number of carbonyl (C=O) groups excluding carboxylic acids is 1. The summed E-state index contributed by atoms with van der Waals surface area (Å²) in [6, 6.07) is 0. The lowest BCUT2D eigenvalue weighted by Crippen LogP contribution is -2.19. The minimum atomic E-state index is 0.308. The second-order valence-corrected chi connectivity index (χ2v) is 6.90. The monoisotopic (exact) mass is 286 g/mol. The fourth-order valence-corrected chi connectivity index (χ4v) is 3.02. The summed E-state index contributed by atoms with van der Waals surface area (Å²) >= 11 is 0. The van der Waals surface area contributed by atoms with Crippen LogP contribution < -0.4 is 0 Å². The minimum Gasteiger partial charge on any atom is -0.299 e. The van der Waals surface area contributed by atoms with Crippen LogP contribution in [0, 0.1) is 5.41 Å². The van der Waals surface area contributed by atoms with E-state index in [-0.39, 0.29) is 0 Å². The highest BCUT2D eigenvalue weighted by Crippen LogP contribution is 2.40. The molecule has 0 spiro atoms. The SMILES string of the molecule is CC1=C(/C=C/C(C)=C/CC/C(C)=C/C=O)C(C)(C)CCC1. The van der Waals surface area contributed by atoms with Crippen molar-refractivity contribution in [2.75, 3.05) is 0 Å². The number of hydrogen-bond acceptors (Lipinski definition) is 1. The molecule has 1 heteroatoms.